The van der Waals surface area contributed by atoms with Crippen LogP contribution in [0.1, 0.15) is 51.2 Å². The van der Waals surface area contributed by atoms with Crippen LogP contribution in [0.5, 0.6) is 0 Å². The molecule has 1 aromatic carbocycles. The largest absolute Gasteiger partial charge is 0.303 e. The number of allylic oxidation sites excluding steroid dienone is 2. The quantitative estimate of drug-likeness (QED) is 0.599. The number of benzene rings is 1. The van der Waals surface area contributed by atoms with Crippen molar-refractivity contribution >= 4 is 12.1 Å². The number of hydrogen-bond donors (Lipinski definition) is 0. The summed E-state index contributed by atoms with van der Waals surface area (Å²) in [5.41, 5.74) is 3.29. The average molecular weight is 298 g/mol. The SMILES string of the molecule is CCc1ccc(CCC=C2CC(C=O)C(C)(C)CC2=O)cc1. The summed E-state index contributed by atoms with van der Waals surface area (Å²) in [7, 11) is 0. The monoisotopic (exact) mass is 298 g/mol. The summed E-state index contributed by atoms with van der Waals surface area (Å²) in [6, 6.07) is 8.66. The molecule has 1 aliphatic carbocycles. The Hall–Kier alpha value is -1.70. The molecule has 2 heteroatoms. The number of hydrogen-bond acceptors (Lipinski definition) is 2. The molecule has 0 aromatic heterocycles. The highest BCUT2D eigenvalue weighted by Gasteiger charge is 2.38. The van der Waals surface area contributed by atoms with Crippen LogP contribution >= 0.6 is 0 Å². The summed E-state index contributed by atoms with van der Waals surface area (Å²) in [5.74, 6) is 0.171. The summed E-state index contributed by atoms with van der Waals surface area (Å²) < 4.78 is 0. The molecule has 1 atom stereocenters. The van der Waals surface area contributed by atoms with Gasteiger partial charge in [0.2, 0.25) is 0 Å². The number of aryl methyl sites for hydroxylation is 2. The lowest BCUT2D eigenvalue weighted by molar-refractivity contribution is -0.123. The first-order chi connectivity index (χ1) is 10.5. The summed E-state index contributed by atoms with van der Waals surface area (Å²) in [6.45, 7) is 6.17. The Morgan fingerprint density at radius 1 is 1.18 bits per heavy atom. The van der Waals surface area contributed by atoms with E-state index < -0.39 is 0 Å². The van der Waals surface area contributed by atoms with E-state index in [4.69, 9.17) is 0 Å². The van der Waals surface area contributed by atoms with Crippen LogP contribution in [0, 0.1) is 11.3 Å². The number of carbonyl (C=O) groups excluding carboxylic acids is 2. The molecule has 2 rings (SSSR count). The molecule has 2 nitrogen and oxygen atoms in total. The van der Waals surface area contributed by atoms with Crippen LogP contribution in [-0.2, 0) is 22.4 Å². The summed E-state index contributed by atoms with van der Waals surface area (Å²) in [5, 5.41) is 0. The first-order valence-corrected chi connectivity index (χ1v) is 8.21. The number of Topliss-reactive ketones (excluding diaryl/α,β-unsaturated/α-hetero) is 1. The second-order valence-corrected chi connectivity index (χ2v) is 6.97. The molecule has 1 aromatic rings. The number of rotatable bonds is 5. The lowest BCUT2D eigenvalue weighted by Crippen LogP contribution is -2.34. The maximum absolute atomic E-state index is 12.2. The molecule has 0 heterocycles. The molecule has 0 amide bonds. The van der Waals surface area contributed by atoms with Gasteiger partial charge in [-0.2, -0.15) is 0 Å². The summed E-state index contributed by atoms with van der Waals surface area (Å²) in [6.07, 6.45) is 7.00. The zero-order valence-electron chi connectivity index (χ0n) is 13.9. The van der Waals surface area contributed by atoms with Crippen molar-refractivity contribution in [2.75, 3.05) is 0 Å². The van der Waals surface area contributed by atoms with E-state index in [2.05, 4.69) is 31.2 Å². The molecule has 0 saturated heterocycles. The van der Waals surface area contributed by atoms with Crippen LogP contribution in [0.15, 0.2) is 35.9 Å². The fraction of sp³-hybridized carbons (Fsp3) is 0.500. The van der Waals surface area contributed by atoms with Crippen molar-refractivity contribution in [3.63, 3.8) is 0 Å². The number of aldehydes is 1. The zero-order chi connectivity index (χ0) is 16.2. The second kappa shape index (κ2) is 7.04. The van der Waals surface area contributed by atoms with Gasteiger partial charge in [0, 0.05) is 12.3 Å². The minimum atomic E-state index is -0.202. The topological polar surface area (TPSA) is 34.1 Å². The minimum absolute atomic E-state index is 0.0414. The van der Waals surface area contributed by atoms with Gasteiger partial charge in [0.1, 0.15) is 6.29 Å². The zero-order valence-corrected chi connectivity index (χ0v) is 13.9. The van der Waals surface area contributed by atoms with Crippen molar-refractivity contribution in [1.82, 2.24) is 0 Å². The Kier molecular flexibility index (Phi) is 5.33. The standard InChI is InChI=1S/C20H26O2/c1-4-15-8-10-16(11-9-15)6-5-7-17-12-18(14-21)20(2,3)13-19(17)22/h7-11,14,18H,4-6,12-13H2,1-3H3. The molecule has 0 spiro atoms. The first kappa shape index (κ1) is 16.7. The van der Waals surface area contributed by atoms with Gasteiger partial charge in [-0.3, -0.25) is 4.79 Å². The van der Waals surface area contributed by atoms with Crippen LogP contribution in [0.25, 0.3) is 0 Å². The molecular weight excluding hydrogens is 272 g/mol. The van der Waals surface area contributed by atoms with E-state index in [1.54, 1.807) is 0 Å². The van der Waals surface area contributed by atoms with Crippen molar-refractivity contribution in [3.05, 3.63) is 47.0 Å². The number of ketones is 1. The predicted octanol–water partition coefficient (Wildman–Crippen LogP) is 4.31. The van der Waals surface area contributed by atoms with Gasteiger partial charge in [-0.05, 0) is 47.8 Å². The van der Waals surface area contributed by atoms with Crippen molar-refractivity contribution in [2.24, 2.45) is 11.3 Å². The van der Waals surface area contributed by atoms with Gasteiger partial charge in [0.15, 0.2) is 5.78 Å². The molecule has 22 heavy (non-hydrogen) atoms. The third kappa shape index (κ3) is 3.94. The smallest absolute Gasteiger partial charge is 0.159 e. The van der Waals surface area contributed by atoms with Gasteiger partial charge in [0.25, 0.3) is 0 Å². The Morgan fingerprint density at radius 3 is 2.41 bits per heavy atom. The normalized spacial score (nSPS) is 22.8. The van der Waals surface area contributed by atoms with Crippen LogP contribution in [0.4, 0.5) is 0 Å². The summed E-state index contributed by atoms with van der Waals surface area (Å²) >= 11 is 0. The van der Waals surface area contributed by atoms with E-state index in [-0.39, 0.29) is 17.1 Å². The maximum atomic E-state index is 12.2. The van der Waals surface area contributed by atoms with E-state index in [0.29, 0.717) is 12.8 Å². The Bertz CT molecular complexity index is 564. The molecule has 1 unspecified atom stereocenters. The lowest BCUT2D eigenvalue weighted by Gasteiger charge is -2.35. The van der Waals surface area contributed by atoms with Gasteiger partial charge in [0.05, 0.1) is 0 Å². The second-order valence-electron chi connectivity index (χ2n) is 6.97. The van der Waals surface area contributed by atoms with Crippen LogP contribution in [0.3, 0.4) is 0 Å². The van der Waals surface area contributed by atoms with Crippen molar-refractivity contribution < 1.29 is 9.59 Å². The Balaban J connectivity index is 1.97. The Morgan fingerprint density at radius 2 is 1.82 bits per heavy atom. The van der Waals surface area contributed by atoms with Gasteiger partial charge in [-0.25, -0.2) is 0 Å². The average Bonchev–Trinajstić information content (AvgIpc) is 2.49. The van der Waals surface area contributed by atoms with E-state index in [9.17, 15) is 9.59 Å². The van der Waals surface area contributed by atoms with E-state index >= 15 is 0 Å². The van der Waals surface area contributed by atoms with E-state index in [0.717, 1.165) is 31.1 Å². The van der Waals surface area contributed by atoms with Gasteiger partial charge >= 0.3 is 0 Å². The van der Waals surface area contributed by atoms with Gasteiger partial charge in [-0.15, -0.1) is 0 Å². The highest BCUT2D eigenvalue weighted by Crippen LogP contribution is 2.40. The molecule has 0 aliphatic heterocycles. The van der Waals surface area contributed by atoms with E-state index in [1.807, 2.05) is 19.9 Å². The molecule has 1 aliphatic rings. The van der Waals surface area contributed by atoms with Crippen molar-refractivity contribution in [2.45, 2.75) is 52.9 Å². The molecule has 118 valence electrons. The molecule has 1 saturated carbocycles. The van der Waals surface area contributed by atoms with Crippen LogP contribution in [0.2, 0.25) is 0 Å². The van der Waals surface area contributed by atoms with Crippen molar-refractivity contribution in [3.8, 4) is 0 Å². The Labute approximate surface area is 133 Å². The van der Waals surface area contributed by atoms with Crippen LogP contribution in [-0.4, -0.2) is 12.1 Å². The molecule has 0 bridgehead atoms. The fourth-order valence-electron chi connectivity index (χ4n) is 3.07. The third-order valence-corrected chi connectivity index (χ3v) is 4.84. The summed E-state index contributed by atoms with van der Waals surface area (Å²) in [4.78, 5) is 23.5. The predicted molar refractivity (Wildman–Crippen MR) is 89.8 cm³/mol. The molecule has 0 radical (unpaired) electrons. The van der Waals surface area contributed by atoms with Crippen molar-refractivity contribution in [1.29, 1.82) is 0 Å². The lowest BCUT2D eigenvalue weighted by atomic mass is 9.67. The van der Waals surface area contributed by atoms with Gasteiger partial charge in [-0.1, -0.05) is 51.1 Å². The molecular formula is C20H26O2. The maximum Gasteiger partial charge on any atom is 0.159 e. The highest BCUT2D eigenvalue weighted by molar-refractivity contribution is 5.97. The molecule has 0 N–H and O–H groups in total. The first-order valence-electron chi connectivity index (χ1n) is 8.21. The van der Waals surface area contributed by atoms with Crippen LogP contribution < -0.4 is 0 Å². The minimum Gasteiger partial charge on any atom is -0.303 e. The van der Waals surface area contributed by atoms with E-state index in [1.165, 1.54) is 11.1 Å². The fourth-order valence-corrected chi connectivity index (χ4v) is 3.07. The highest BCUT2D eigenvalue weighted by atomic mass is 16.1. The number of carbonyl (C=O) groups is 2. The van der Waals surface area contributed by atoms with Gasteiger partial charge < -0.3 is 4.79 Å². The molecule has 1 fully saturated rings. The third-order valence-electron chi connectivity index (χ3n) is 4.84.